The predicted molar refractivity (Wildman–Crippen MR) is 127 cm³/mol. The zero-order valence-corrected chi connectivity index (χ0v) is 19.9. The number of amides is 1. The van der Waals surface area contributed by atoms with E-state index in [1.807, 2.05) is 50.2 Å². The van der Waals surface area contributed by atoms with Crippen LogP contribution in [0.1, 0.15) is 39.0 Å². The minimum Gasteiger partial charge on any atom is -0.497 e. The summed E-state index contributed by atoms with van der Waals surface area (Å²) in [5.74, 6) is 2.02. The SMILES string of the molecule is COc1ccc([C@H](CNC(=O)c2cccc(OCc3c(C)noc3C)c2)N2CCOCC2)cc1. The molecule has 2 aromatic carbocycles. The molecule has 34 heavy (non-hydrogen) atoms. The Balaban J connectivity index is 1.42. The molecule has 1 saturated heterocycles. The van der Waals surface area contributed by atoms with Crippen molar-refractivity contribution in [2.24, 2.45) is 0 Å². The van der Waals surface area contributed by atoms with Crippen LogP contribution in [-0.2, 0) is 11.3 Å². The van der Waals surface area contributed by atoms with E-state index in [9.17, 15) is 4.79 Å². The highest BCUT2D eigenvalue weighted by atomic mass is 16.5. The first-order chi connectivity index (χ1) is 16.5. The van der Waals surface area contributed by atoms with Crippen molar-refractivity contribution in [3.8, 4) is 11.5 Å². The number of methoxy groups -OCH3 is 1. The van der Waals surface area contributed by atoms with Gasteiger partial charge in [-0.1, -0.05) is 23.4 Å². The minimum atomic E-state index is -0.144. The molecular formula is C26H31N3O5. The van der Waals surface area contributed by atoms with Gasteiger partial charge in [0.2, 0.25) is 0 Å². The molecule has 1 fully saturated rings. The Morgan fingerprint density at radius 2 is 1.88 bits per heavy atom. The molecule has 0 saturated carbocycles. The second-order valence-corrected chi connectivity index (χ2v) is 8.27. The number of hydrogen-bond donors (Lipinski definition) is 1. The molecule has 1 aromatic heterocycles. The summed E-state index contributed by atoms with van der Waals surface area (Å²) >= 11 is 0. The normalized spacial score (nSPS) is 15.0. The van der Waals surface area contributed by atoms with Gasteiger partial charge in [-0.15, -0.1) is 0 Å². The van der Waals surface area contributed by atoms with Crippen LogP contribution in [0.2, 0.25) is 0 Å². The van der Waals surface area contributed by atoms with Crippen molar-refractivity contribution >= 4 is 5.91 Å². The summed E-state index contributed by atoms with van der Waals surface area (Å²) in [7, 11) is 1.65. The van der Waals surface area contributed by atoms with Gasteiger partial charge >= 0.3 is 0 Å². The van der Waals surface area contributed by atoms with Crippen molar-refractivity contribution in [1.29, 1.82) is 0 Å². The smallest absolute Gasteiger partial charge is 0.251 e. The maximum Gasteiger partial charge on any atom is 0.251 e. The van der Waals surface area contributed by atoms with Crippen molar-refractivity contribution < 1.29 is 23.5 Å². The van der Waals surface area contributed by atoms with Crippen LogP contribution in [0.25, 0.3) is 0 Å². The van der Waals surface area contributed by atoms with Crippen molar-refractivity contribution in [1.82, 2.24) is 15.4 Å². The molecule has 0 aliphatic carbocycles. The van der Waals surface area contributed by atoms with Crippen molar-refractivity contribution in [2.75, 3.05) is 40.0 Å². The second kappa shape index (κ2) is 11.2. The average Bonchev–Trinajstić information content (AvgIpc) is 3.20. The van der Waals surface area contributed by atoms with E-state index in [1.165, 1.54) is 0 Å². The number of nitrogens with zero attached hydrogens (tertiary/aromatic N) is 2. The molecule has 1 N–H and O–H groups in total. The van der Waals surface area contributed by atoms with E-state index in [0.29, 0.717) is 37.7 Å². The molecule has 3 aromatic rings. The van der Waals surface area contributed by atoms with Crippen LogP contribution in [0.5, 0.6) is 11.5 Å². The largest absolute Gasteiger partial charge is 0.497 e. The Hall–Kier alpha value is -3.36. The summed E-state index contributed by atoms with van der Waals surface area (Å²) in [6.45, 7) is 7.56. The lowest BCUT2D eigenvalue weighted by Crippen LogP contribution is -2.43. The van der Waals surface area contributed by atoms with Crippen LogP contribution in [0.15, 0.2) is 53.1 Å². The van der Waals surface area contributed by atoms with E-state index >= 15 is 0 Å². The summed E-state index contributed by atoms with van der Waals surface area (Å²) in [6.07, 6.45) is 0. The Morgan fingerprint density at radius 1 is 1.12 bits per heavy atom. The van der Waals surface area contributed by atoms with E-state index in [2.05, 4.69) is 15.4 Å². The van der Waals surface area contributed by atoms with Gasteiger partial charge in [-0.2, -0.15) is 0 Å². The van der Waals surface area contributed by atoms with E-state index in [4.69, 9.17) is 18.7 Å². The summed E-state index contributed by atoms with van der Waals surface area (Å²) in [5.41, 5.74) is 3.40. The Bertz CT molecular complexity index is 1070. The summed E-state index contributed by atoms with van der Waals surface area (Å²) < 4.78 is 21.9. The highest BCUT2D eigenvalue weighted by molar-refractivity contribution is 5.94. The monoisotopic (exact) mass is 465 g/mol. The lowest BCUT2D eigenvalue weighted by atomic mass is 10.0. The third-order valence-corrected chi connectivity index (χ3v) is 6.10. The van der Waals surface area contributed by atoms with Crippen molar-refractivity contribution in [2.45, 2.75) is 26.5 Å². The molecule has 1 aliphatic rings. The number of rotatable bonds is 9. The van der Waals surface area contributed by atoms with E-state index in [-0.39, 0.29) is 11.9 Å². The van der Waals surface area contributed by atoms with Crippen molar-refractivity contribution in [3.63, 3.8) is 0 Å². The Kier molecular flexibility index (Phi) is 7.82. The average molecular weight is 466 g/mol. The van der Waals surface area contributed by atoms with Gasteiger partial charge in [0.1, 0.15) is 23.9 Å². The van der Waals surface area contributed by atoms with Gasteiger partial charge in [-0.05, 0) is 49.7 Å². The number of benzene rings is 2. The number of hydrogen-bond acceptors (Lipinski definition) is 7. The van der Waals surface area contributed by atoms with Gasteiger partial charge in [0.05, 0.1) is 37.6 Å². The van der Waals surface area contributed by atoms with E-state index < -0.39 is 0 Å². The minimum absolute atomic E-state index is 0.0396. The van der Waals surface area contributed by atoms with Gasteiger partial charge in [-0.3, -0.25) is 9.69 Å². The first kappa shape index (κ1) is 23.8. The van der Waals surface area contributed by atoms with Gasteiger partial charge in [0.25, 0.3) is 5.91 Å². The fourth-order valence-corrected chi connectivity index (χ4v) is 4.05. The molecule has 1 aliphatic heterocycles. The number of aromatic nitrogens is 1. The van der Waals surface area contributed by atoms with Crippen LogP contribution in [0, 0.1) is 13.8 Å². The number of carbonyl (C=O) groups excluding carboxylic acids is 1. The van der Waals surface area contributed by atoms with Crippen LogP contribution in [0.3, 0.4) is 0 Å². The molecule has 4 rings (SSSR count). The lowest BCUT2D eigenvalue weighted by molar-refractivity contribution is 0.0162. The maximum atomic E-state index is 13.0. The molecule has 8 nitrogen and oxygen atoms in total. The molecule has 8 heteroatoms. The number of morpholine rings is 1. The second-order valence-electron chi connectivity index (χ2n) is 8.27. The van der Waals surface area contributed by atoms with Crippen LogP contribution >= 0.6 is 0 Å². The molecule has 2 heterocycles. The van der Waals surface area contributed by atoms with Crippen LogP contribution in [0.4, 0.5) is 0 Å². The van der Waals surface area contributed by atoms with Gasteiger partial charge in [-0.25, -0.2) is 0 Å². The quantitative estimate of drug-likeness (QED) is 0.516. The van der Waals surface area contributed by atoms with Gasteiger partial charge in [0, 0.05) is 25.2 Å². The zero-order valence-electron chi connectivity index (χ0n) is 19.9. The zero-order chi connectivity index (χ0) is 23.9. The predicted octanol–water partition coefficient (Wildman–Crippen LogP) is 3.68. The van der Waals surface area contributed by atoms with Gasteiger partial charge < -0.3 is 24.1 Å². The molecular weight excluding hydrogens is 434 g/mol. The first-order valence-electron chi connectivity index (χ1n) is 11.4. The highest BCUT2D eigenvalue weighted by Gasteiger charge is 2.23. The molecule has 0 spiro atoms. The summed E-state index contributed by atoms with van der Waals surface area (Å²) in [5, 5.41) is 7.06. The number of aryl methyl sites for hydroxylation is 2. The Labute approximate surface area is 199 Å². The number of ether oxygens (including phenoxy) is 3. The first-order valence-corrected chi connectivity index (χ1v) is 11.4. The van der Waals surface area contributed by atoms with E-state index in [0.717, 1.165) is 41.4 Å². The molecule has 0 radical (unpaired) electrons. The number of carbonyl (C=O) groups is 1. The number of nitrogens with one attached hydrogen (secondary N) is 1. The third-order valence-electron chi connectivity index (χ3n) is 6.10. The summed E-state index contributed by atoms with van der Waals surface area (Å²) in [6, 6.07) is 15.2. The standard InChI is InChI=1S/C26H31N3O5/c1-18-24(19(2)34-28-18)17-33-23-6-4-5-21(15-23)26(30)27-16-25(29-11-13-32-14-12-29)20-7-9-22(31-3)10-8-20/h4-10,15,25H,11-14,16-17H2,1-3H3,(H,27,30)/t25-/m0/s1. The lowest BCUT2D eigenvalue weighted by Gasteiger charge is -2.35. The molecule has 180 valence electrons. The fraction of sp³-hybridized carbons (Fsp3) is 0.385. The van der Waals surface area contributed by atoms with E-state index in [1.54, 1.807) is 19.2 Å². The Morgan fingerprint density at radius 3 is 2.56 bits per heavy atom. The molecule has 1 atom stereocenters. The summed E-state index contributed by atoms with van der Waals surface area (Å²) in [4.78, 5) is 15.3. The molecule has 1 amide bonds. The molecule has 0 bridgehead atoms. The highest BCUT2D eigenvalue weighted by Crippen LogP contribution is 2.24. The van der Waals surface area contributed by atoms with Crippen molar-refractivity contribution in [3.05, 3.63) is 76.7 Å². The van der Waals surface area contributed by atoms with Gasteiger partial charge in [0.15, 0.2) is 0 Å². The molecule has 0 unspecified atom stereocenters. The van der Waals surface area contributed by atoms with Crippen LogP contribution in [-0.4, -0.2) is 55.9 Å². The van der Waals surface area contributed by atoms with Crippen LogP contribution < -0.4 is 14.8 Å². The fourth-order valence-electron chi connectivity index (χ4n) is 4.05. The maximum absolute atomic E-state index is 13.0. The topological polar surface area (TPSA) is 86.1 Å². The third kappa shape index (κ3) is 5.76.